The van der Waals surface area contributed by atoms with Crippen LogP contribution in [-0.2, 0) is 0 Å². The molecule has 0 radical (unpaired) electrons. The minimum atomic E-state index is 1.01. The fourth-order valence-electron chi connectivity index (χ4n) is 3.08. The van der Waals surface area contributed by atoms with Gasteiger partial charge in [0.25, 0.3) is 0 Å². The largest absolute Gasteiger partial charge is 0.317 e. The summed E-state index contributed by atoms with van der Waals surface area (Å²) < 4.78 is 0. The van der Waals surface area contributed by atoms with Crippen LogP contribution in [0.15, 0.2) is 0 Å². The highest BCUT2D eigenvalue weighted by Gasteiger charge is 2.13. The number of piperidine rings is 1. The van der Waals surface area contributed by atoms with Gasteiger partial charge in [0.05, 0.1) is 0 Å². The van der Waals surface area contributed by atoms with Crippen LogP contribution in [0.1, 0.15) is 44.9 Å². The molecule has 2 fully saturated rings. The molecule has 2 heterocycles. The number of hydrogen-bond donors (Lipinski definition) is 1. The summed E-state index contributed by atoms with van der Waals surface area (Å²) in [6.45, 7) is 6.47. The maximum Gasteiger partial charge on any atom is -0.000664 e. The molecule has 2 rings (SSSR count). The zero-order valence-corrected chi connectivity index (χ0v) is 12.6. The summed E-state index contributed by atoms with van der Waals surface area (Å²) in [5.74, 6) is 3.82. The third-order valence-corrected chi connectivity index (χ3v) is 5.40. The minimum absolute atomic E-state index is 1.01. The van der Waals surface area contributed by atoms with Gasteiger partial charge in [-0.1, -0.05) is 6.42 Å². The predicted octanol–water partition coefficient (Wildman–Crippen LogP) is 2.99. The molecular formula is C15H30N2S. The Morgan fingerprint density at radius 1 is 1.00 bits per heavy atom. The van der Waals surface area contributed by atoms with E-state index in [4.69, 9.17) is 0 Å². The second-order valence-corrected chi connectivity index (χ2v) is 7.08. The van der Waals surface area contributed by atoms with Gasteiger partial charge in [-0.2, -0.15) is 11.8 Å². The van der Waals surface area contributed by atoms with Crippen molar-refractivity contribution >= 4 is 11.8 Å². The van der Waals surface area contributed by atoms with Crippen molar-refractivity contribution < 1.29 is 0 Å². The van der Waals surface area contributed by atoms with E-state index in [9.17, 15) is 0 Å². The Kier molecular flexibility index (Phi) is 7.51. The van der Waals surface area contributed by atoms with E-state index in [1.54, 1.807) is 0 Å². The summed E-state index contributed by atoms with van der Waals surface area (Å²) in [6.07, 6.45) is 9.96. The number of nitrogens with zero attached hydrogens (tertiary/aromatic N) is 1. The lowest BCUT2D eigenvalue weighted by molar-refractivity contribution is 0.225. The van der Waals surface area contributed by atoms with E-state index in [-0.39, 0.29) is 0 Å². The van der Waals surface area contributed by atoms with Crippen molar-refractivity contribution in [1.82, 2.24) is 10.2 Å². The first kappa shape index (κ1) is 14.7. The van der Waals surface area contributed by atoms with Gasteiger partial charge in [-0.05, 0) is 88.7 Å². The Morgan fingerprint density at radius 3 is 2.56 bits per heavy atom. The van der Waals surface area contributed by atoms with E-state index in [0.29, 0.717) is 0 Å². The van der Waals surface area contributed by atoms with E-state index in [2.05, 4.69) is 22.0 Å². The maximum absolute atomic E-state index is 3.64. The molecule has 1 N–H and O–H groups in total. The highest BCUT2D eigenvalue weighted by molar-refractivity contribution is 7.99. The topological polar surface area (TPSA) is 15.3 Å². The molecule has 0 saturated carbocycles. The molecule has 0 aromatic carbocycles. The van der Waals surface area contributed by atoms with Crippen LogP contribution in [0.4, 0.5) is 0 Å². The summed E-state index contributed by atoms with van der Waals surface area (Å²) in [5, 5.41) is 3.64. The summed E-state index contributed by atoms with van der Waals surface area (Å²) in [5.41, 5.74) is 0. The molecule has 0 unspecified atom stereocenters. The van der Waals surface area contributed by atoms with Crippen LogP contribution in [0.2, 0.25) is 0 Å². The highest BCUT2D eigenvalue weighted by atomic mass is 32.2. The zero-order chi connectivity index (χ0) is 12.5. The molecule has 0 amide bonds. The second kappa shape index (κ2) is 9.22. The lowest BCUT2D eigenvalue weighted by atomic mass is 9.99. The van der Waals surface area contributed by atoms with Gasteiger partial charge in [-0.3, -0.25) is 0 Å². The van der Waals surface area contributed by atoms with Crippen molar-refractivity contribution in [1.29, 1.82) is 0 Å². The SMILES string of the molecule is C1CCN(CCCNCCC2CCSCC2)CC1. The Labute approximate surface area is 117 Å². The van der Waals surface area contributed by atoms with Crippen LogP contribution in [-0.4, -0.2) is 49.1 Å². The second-order valence-electron chi connectivity index (χ2n) is 5.85. The number of nitrogens with one attached hydrogen (secondary N) is 1. The van der Waals surface area contributed by atoms with Gasteiger partial charge < -0.3 is 10.2 Å². The van der Waals surface area contributed by atoms with Crippen molar-refractivity contribution in [2.75, 3.05) is 44.2 Å². The van der Waals surface area contributed by atoms with Crippen LogP contribution in [0.25, 0.3) is 0 Å². The molecule has 0 spiro atoms. The van der Waals surface area contributed by atoms with Gasteiger partial charge in [0.15, 0.2) is 0 Å². The lowest BCUT2D eigenvalue weighted by Gasteiger charge is -2.26. The zero-order valence-electron chi connectivity index (χ0n) is 11.8. The summed E-state index contributed by atoms with van der Waals surface area (Å²) >= 11 is 2.14. The molecule has 18 heavy (non-hydrogen) atoms. The molecule has 0 aromatic rings. The molecule has 0 aliphatic carbocycles. The number of hydrogen-bond acceptors (Lipinski definition) is 3. The maximum atomic E-state index is 3.64. The van der Waals surface area contributed by atoms with Crippen LogP contribution in [0.5, 0.6) is 0 Å². The normalized spacial score (nSPS) is 23.3. The molecule has 0 bridgehead atoms. The lowest BCUT2D eigenvalue weighted by Crippen LogP contribution is -2.32. The summed E-state index contributed by atoms with van der Waals surface area (Å²) in [6, 6.07) is 0. The third kappa shape index (κ3) is 5.94. The summed E-state index contributed by atoms with van der Waals surface area (Å²) in [4.78, 5) is 2.64. The van der Waals surface area contributed by atoms with Gasteiger partial charge in [-0.25, -0.2) is 0 Å². The van der Waals surface area contributed by atoms with Crippen LogP contribution < -0.4 is 5.32 Å². The van der Waals surface area contributed by atoms with Crippen molar-refractivity contribution in [2.24, 2.45) is 5.92 Å². The highest BCUT2D eigenvalue weighted by Crippen LogP contribution is 2.24. The fraction of sp³-hybridized carbons (Fsp3) is 1.00. The molecule has 2 aliphatic heterocycles. The van der Waals surface area contributed by atoms with E-state index >= 15 is 0 Å². The van der Waals surface area contributed by atoms with Gasteiger partial charge in [-0.15, -0.1) is 0 Å². The van der Waals surface area contributed by atoms with E-state index in [0.717, 1.165) is 5.92 Å². The first-order valence-electron chi connectivity index (χ1n) is 7.96. The van der Waals surface area contributed by atoms with Crippen molar-refractivity contribution in [3.05, 3.63) is 0 Å². The van der Waals surface area contributed by atoms with Crippen LogP contribution >= 0.6 is 11.8 Å². The molecule has 2 saturated heterocycles. The number of thioether (sulfide) groups is 1. The molecule has 106 valence electrons. The first-order chi connectivity index (χ1) is 8.95. The fourth-order valence-corrected chi connectivity index (χ4v) is 4.28. The average Bonchev–Trinajstić information content (AvgIpc) is 2.45. The number of likely N-dealkylation sites (tertiary alicyclic amines) is 1. The molecule has 0 atom stereocenters. The third-order valence-electron chi connectivity index (χ3n) is 4.35. The van der Waals surface area contributed by atoms with Crippen LogP contribution in [0, 0.1) is 5.92 Å². The molecule has 0 aromatic heterocycles. The Hall–Kier alpha value is 0.270. The molecule has 3 heteroatoms. The monoisotopic (exact) mass is 270 g/mol. The smallest absolute Gasteiger partial charge is 0.000664 e. The van der Waals surface area contributed by atoms with Gasteiger partial charge >= 0.3 is 0 Å². The molecular weight excluding hydrogens is 240 g/mol. The van der Waals surface area contributed by atoms with Crippen molar-refractivity contribution in [2.45, 2.75) is 44.9 Å². The Bertz CT molecular complexity index is 177. The van der Waals surface area contributed by atoms with E-state index in [1.807, 2.05) is 0 Å². The quantitative estimate of drug-likeness (QED) is 0.716. The standard InChI is InChI=1S/C15H30N2S/c1-2-10-17(11-3-1)12-4-8-16-9-5-15-6-13-18-14-7-15/h15-16H,1-14H2. The van der Waals surface area contributed by atoms with Gasteiger partial charge in [0.2, 0.25) is 0 Å². The van der Waals surface area contributed by atoms with E-state index < -0.39 is 0 Å². The van der Waals surface area contributed by atoms with Crippen LogP contribution in [0.3, 0.4) is 0 Å². The first-order valence-corrected chi connectivity index (χ1v) is 9.11. The minimum Gasteiger partial charge on any atom is -0.317 e. The Morgan fingerprint density at radius 2 is 1.78 bits per heavy atom. The summed E-state index contributed by atoms with van der Waals surface area (Å²) in [7, 11) is 0. The molecule has 2 nitrogen and oxygen atoms in total. The van der Waals surface area contributed by atoms with Gasteiger partial charge in [0.1, 0.15) is 0 Å². The van der Waals surface area contributed by atoms with E-state index in [1.165, 1.54) is 89.2 Å². The average molecular weight is 270 g/mol. The number of rotatable bonds is 7. The van der Waals surface area contributed by atoms with Crippen molar-refractivity contribution in [3.8, 4) is 0 Å². The van der Waals surface area contributed by atoms with Crippen molar-refractivity contribution in [3.63, 3.8) is 0 Å². The molecule has 2 aliphatic rings. The predicted molar refractivity (Wildman–Crippen MR) is 82.4 cm³/mol. The van der Waals surface area contributed by atoms with Gasteiger partial charge in [0, 0.05) is 0 Å². The Balaban J connectivity index is 1.39.